The van der Waals surface area contributed by atoms with E-state index in [1.54, 1.807) is 4.90 Å². The lowest BCUT2D eigenvalue weighted by atomic mass is 10.1. The maximum Gasteiger partial charge on any atom is 0.245 e. The molecule has 0 radical (unpaired) electrons. The number of hydrogen-bond donors (Lipinski definition) is 1. The van der Waals surface area contributed by atoms with Crippen LogP contribution in [0.3, 0.4) is 0 Å². The van der Waals surface area contributed by atoms with Crippen LogP contribution in [0.2, 0.25) is 0 Å². The van der Waals surface area contributed by atoms with Crippen molar-refractivity contribution in [3.8, 4) is 0 Å². The highest BCUT2D eigenvalue weighted by Gasteiger charge is 2.44. The molecular weight excluding hydrogens is 256 g/mol. The Labute approximate surface area is 117 Å². The number of rotatable bonds is 3. The summed E-state index contributed by atoms with van der Waals surface area (Å²) in [6.07, 6.45) is 0.545. The van der Waals surface area contributed by atoms with Gasteiger partial charge in [-0.3, -0.25) is 9.59 Å². The Morgan fingerprint density at radius 3 is 2.70 bits per heavy atom. The summed E-state index contributed by atoms with van der Waals surface area (Å²) in [4.78, 5) is 27.5. The summed E-state index contributed by atoms with van der Waals surface area (Å²) < 4.78 is 0. The lowest BCUT2D eigenvalue weighted by molar-refractivity contribution is -0.153. The molecule has 2 heterocycles. The number of benzene rings is 1. The maximum atomic E-state index is 12.3. The van der Waals surface area contributed by atoms with Crippen LogP contribution in [0.25, 0.3) is 0 Å². The molecule has 1 N–H and O–H groups in total. The first-order valence-corrected chi connectivity index (χ1v) is 6.95. The topological polar surface area (TPSA) is 60.9 Å². The van der Waals surface area contributed by atoms with Gasteiger partial charge in [-0.15, -0.1) is 0 Å². The van der Waals surface area contributed by atoms with Gasteiger partial charge in [-0.1, -0.05) is 30.3 Å². The molecule has 1 aromatic rings. The smallest absolute Gasteiger partial charge is 0.245 e. The molecule has 1 aromatic carbocycles. The Hall–Kier alpha value is -1.88. The average molecular weight is 274 g/mol. The van der Waals surface area contributed by atoms with Crippen LogP contribution in [0.1, 0.15) is 12.0 Å². The number of aliphatic hydroxyl groups excluding tert-OH is 1. The molecule has 2 saturated heterocycles. The SMILES string of the molecule is O=C1[C@@H]2C[C@@H](O)CN2C(=O)CN1CCc1ccccc1. The van der Waals surface area contributed by atoms with Gasteiger partial charge in [0.1, 0.15) is 6.04 Å². The number of carbonyl (C=O) groups is 2. The first-order chi connectivity index (χ1) is 9.65. The van der Waals surface area contributed by atoms with E-state index in [1.165, 1.54) is 4.90 Å². The first-order valence-electron chi connectivity index (χ1n) is 6.95. The predicted octanol–water partition coefficient (Wildman–Crippen LogP) is 0.0331. The number of carbonyl (C=O) groups excluding carboxylic acids is 2. The normalized spacial score (nSPS) is 26.1. The fourth-order valence-corrected chi connectivity index (χ4v) is 2.96. The second-order valence-electron chi connectivity index (χ2n) is 5.45. The summed E-state index contributed by atoms with van der Waals surface area (Å²) >= 11 is 0. The van der Waals surface area contributed by atoms with Crippen LogP contribution in [0.15, 0.2) is 30.3 Å². The van der Waals surface area contributed by atoms with Gasteiger partial charge in [0, 0.05) is 19.5 Å². The number of piperazine rings is 1. The summed E-state index contributed by atoms with van der Waals surface area (Å²) in [7, 11) is 0. The fourth-order valence-electron chi connectivity index (χ4n) is 2.96. The Bertz CT molecular complexity index is 517. The third-order valence-corrected chi connectivity index (χ3v) is 4.04. The summed E-state index contributed by atoms with van der Waals surface area (Å²) in [6, 6.07) is 9.46. The minimum atomic E-state index is -0.568. The molecule has 2 aliphatic heterocycles. The van der Waals surface area contributed by atoms with Gasteiger partial charge < -0.3 is 14.9 Å². The number of hydrogen-bond acceptors (Lipinski definition) is 3. The summed E-state index contributed by atoms with van der Waals surface area (Å²) in [5.41, 5.74) is 1.15. The fraction of sp³-hybridized carbons (Fsp3) is 0.467. The van der Waals surface area contributed by atoms with Gasteiger partial charge in [0.05, 0.1) is 12.6 Å². The molecule has 5 nitrogen and oxygen atoms in total. The van der Waals surface area contributed by atoms with Gasteiger partial charge in [0.25, 0.3) is 0 Å². The highest BCUT2D eigenvalue weighted by atomic mass is 16.3. The summed E-state index contributed by atoms with van der Waals surface area (Å²) in [5.74, 6) is -0.0868. The number of fused-ring (bicyclic) bond motifs is 1. The second kappa shape index (κ2) is 5.25. The monoisotopic (exact) mass is 274 g/mol. The van der Waals surface area contributed by atoms with Gasteiger partial charge >= 0.3 is 0 Å². The molecular formula is C15H18N2O3. The standard InChI is InChI=1S/C15H18N2O3/c18-12-8-13-15(20)16(10-14(19)17(13)9-12)7-6-11-4-2-1-3-5-11/h1-5,12-13,18H,6-10H2/t12-,13+/m1/s1. The largest absolute Gasteiger partial charge is 0.391 e. The van der Waals surface area contributed by atoms with Crippen LogP contribution in [0, 0.1) is 0 Å². The zero-order chi connectivity index (χ0) is 14.1. The minimum Gasteiger partial charge on any atom is -0.391 e. The molecule has 0 saturated carbocycles. The minimum absolute atomic E-state index is 0.0305. The zero-order valence-corrected chi connectivity index (χ0v) is 11.2. The molecule has 20 heavy (non-hydrogen) atoms. The van der Waals surface area contributed by atoms with E-state index in [4.69, 9.17) is 0 Å². The van der Waals surface area contributed by atoms with Crippen molar-refractivity contribution in [2.75, 3.05) is 19.6 Å². The molecule has 106 valence electrons. The molecule has 0 aliphatic carbocycles. The lowest BCUT2D eigenvalue weighted by Crippen LogP contribution is -2.57. The number of aliphatic hydroxyl groups is 1. The first kappa shape index (κ1) is 13.1. The zero-order valence-electron chi connectivity index (χ0n) is 11.2. The van der Waals surface area contributed by atoms with Crippen molar-refractivity contribution < 1.29 is 14.7 Å². The van der Waals surface area contributed by atoms with Crippen LogP contribution >= 0.6 is 0 Å². The van der Waals surface area contributed by atoms with Gasteiger partial charge in [-0.25, -0.2) is 0 Å². The van der Waals surface area contributed by atoms with Crippen LogP contribution in [-0.4, -0.2) is 58.5 Å². The van der Waals surface area contributed by atoms with Crippen molar-refractivity contribution in [2.24, 2.45) is 0 Å². The van der Waals surface area contributed by atoms with E-state index in [9.17, 15) is 14.7 Å². The van der Waals surface area contributed by atoms with Crippen LogP contribution in [0.5, 0.6) is 0 Å². The van der Waals surface area contributed by atoms with E-state index in [1.807, 2.05) is 30.3 Å². The highest BCUT2D eigenvalue weighted by molar-refractivity contribution is 5.95. The van der Waals surface area contributed by atoms with E-state index in [2.05, 4.69) is 0 Å². The molecule has 2 fully saturated rings. The van der Waals surface area contributed by atoms with Crippen molar-refractivity contribution in [2.45, 2.75) is 25.0 Å². The Balaban J connectivity index is 1.66. The summed E-state index contributed by atoms with van der Waals surface area (Å²) in [5, 5.41) is 9.63. The summed E-state index contributed by atoms with van der Waals surface area (Å²) in [6.45, 7) is 0.978. The van der Waals surface area contributed by atoms with E-state index in [0.29, 0.717) is 19.5 Å². The molecule has 2 amide bonds. The Morgan fingerprint density at radius 2 is 1.95 bits per heavy atom. The molecule has 2 atom stereocenters. The van der Waals surface area contributed by atoms with Crippen LogP contribution in [-0.2, 0) is 16.0 Å². The van der Waals surface area contributed by atoms with Gasteiger partial charge in [-0.2, -0.15) is 0 Å². The molecule has 0 spiro atoms. The Kier molecular flexibility index (Phi) is 3.44. The van der Waals surface area contributed by atoms with Crippen molar-refractivity contribution >= 4 is 11.8 Å². The van der Waals surface area contributed by atoms with E-state index >= 15 is 0 Å². The molecule has 2 aliphatic rings. The van der Waals surface area contributed by atoms with E-state index in [0.717, 1.165) is 12.0 Å². The number of nitrogens with zero attached hydrogens (tertiary/aromatic N) is 2. The van der Waals surface area contributed by atoms with Crippen LogP contribution in [0.4, 0.5) is 0 Å². The second-order valence-corrected chi connectivity index (χ2v) is 5.45. The molecule has 0 aromatic heterocycles. The maximum absolute atomic E-state index is 12.3. The van der Waals surface area contributed by atoms with Gasteiger partial charge in [0.15, 0.2) is 0 Å². The van der Waals surface area contributed by atoms with Crippen LogP contribution < -0.4 is 0 Å². The molecule has 5 heteroatoms. The third kappa shape index (κ3) is 2.41. The molecule has 3 rings (SSSR count). The third-order valence-electron chi connectivity index (χ3n) is 4.04. The van der Waals surface area contributed by atoms with Gasteiger partial charge in [0.2, 0.25) is 11.8 Å². The van der Waals surface area contributed by atoms with Crippen molar-refractivity contribution in [3.05, 3.63) is 35.9 Å². The predicted molar refractivity (Wildman–Crippen MR) is 72.9 cm³/mol. The Morgan fingerprint density at radius 1 is 1.20 bits per heavy atom. The quantitative estimate of drug-likeness (QED) is 0.846. The van der Waals surface area contributed by atoms with E-state index < -0.39 is 12.1 Å². The van der Waals surface area contributed by atoms with Crippen molar-refractivity contribution in [3.63, 3.8) is 0 Å². The van der Waals surface area contributed by atoms with Gasteiger partial charge in [-0.05, 0) is 12.0 Å². The van der Waals surface area contributed by atoms with Crippen molar-refractivity contribution in [1.82, 2.24) is 9.80 Å². The molecule has 0 unspecified atom stereocenters. The molecule has 0 bridgehead atoms. The van der Waals surface area contributed by atoms with Crippen molar-refractivity contribution in [1.29, 1.82) is 0 Å². The lowest BCUT2D eigenvalue weighted by Gasteiger charge is -2.36. The highest BCUT2D eigenvalue weighted by Crippen LogP contribution is 2.24. The average Bonchev–Trinajstić information content (AvgIpc) is 2.85. The van der Waals surface area contributed by atoms with E-state index in [-0.39, 0.29) is 18.4 Å². The number of amides is 2.